The number of nitrogens with zero attached hydrogens (tertiary/aromatic N) is 1. The molecule has 2 aromatic carbocycles. The minimum absolute atomic E-state index is 0.0463. The van der Waals surface area contributed by atoms with Crippen molar-refractivity contribution in [1.82, 2.24) is 0 Å². The second kappa shape index (κ2) is 6.25. The average molecular weight is 346 g/mol. The Morgan fingerprint density at radius 3 is 2.22 bits per heavy atom. The van der Waals surface area contributed by atoms with Gasteiger partial charge in [-0.25, -0.2) is 0 Å². The monoisotopic (exact) mass is 345 g/mol. The van der Waals surface area contributed by atoms with Crippen LogP contribution >= 0.6 is 11.6 Å². The van der Waals surface area contributed by atoms with Crippen molar-refractivity contribution in [2.45, 2.75) is 6.36 Å². The third-order valence-corrected chi connectivity index (χ3v) is 3.07. The van der Waals surface area contributed by atoms with Crippen LogP contribution in [0.4, 0.5) is 18.9 Å². The topological polar surface area (TPSA) is 69.4 Å². The molecule has 0 heterocycles. The van der Waals surface area contributed by atoms with Crippen molar-refractivity contribution in [3.63, 3.8) is 0 Å². The van der Waals surface area contributed by atoms with Gasteiger partial charge in [0.15, 0.2) is 5.78 Å². The van der Waals surface area contributed by atoms with E-state index in [1.165, 1.54) is 12.1 Å². The number of benzene rings is 2. The molecule has 0 aliphatic rings. The number of nitro benzene ring substituents is 1. The maximum Gasteiger partial charge on any atom is 0.573 e. The van der Waals surface area contributed by atoms with E-state index in [0.717, 1.165) is 30.3 Å². The first-order valence-electron chi connectivity index (χ1n) is 6.02. The quantitative estimate of drug-likeness (QED) is 0.468. The highest BCUT2D eigenvalue weighted by Crippen LogP contribution is 2.29. The lowest BCUT2D eigenvalue weighted by Crippen LogP contribution is -2.17. The number of ether oxygens (including phenoxy) is 1. The Hall–Kier alpha value is -2.61. The highest BCUT2D eigenvalue weighted by atomic mass is 35.5. The summed E-state index contributed by atoms with van der Waals surface area (Å²) in [6.07, 6.45) is -4.87. The van der Waals surface area contributed by atoms with E-state index >= 15 is 0 Å². The lowest BCUT2D eigenvalue weighted by Gasteiger charge is -2.10. The van der Waals surface area contributed by atoms with Gasteiger partial charge in [0.2, 0.25) is 0 Å². The molecule has 9 heteroatoms. The van der Waals surface area contributed by atoms with E-state index in [-0.39, 0.29) is 21.8 Å². The van der Waals surface area contributed by atoms with Gasteiger partial charge in [0.05, 0.1) is 9.95 Å². The van der Waals surface area contributed by atoms with E-state index in [0.29, 0.717) is 0 Å². The van der Waals surface area contributed by atoms with Gasteiger partial charge in [-0.15, -0.1) is 13.2 Å². The number of ketones is 1. The summed E-state index contributed by atoms with van der Waals surface area (Å²) in [6.45, 7) is 0. The molecule has 0 saturated carbocycles. The lowest BCUT2D eigenvalue weighted by atomic mass is 10.0. The maximum atomic E-state index is 12.2. The van der Waals surface area contributed by atoms with Gasteiger partial charge >= 0.3 is 6.36 Å². The van der Waals surface area contributed by atoms with Crippen LogP contribution in [0.5, 0.6) is 5.75 Å². The van der Waals surface area contributed by atoms with Gasteiger partial charge in [0.1, 0.15) is 5.75 Å². The number of rotatable bonds is 4. The average Bonchev–Trinajstić information content (AvgIpc) is 2.45. The molecule has 0 radical (unpaired) electrons. The number of hydrogen-bond donors (Lipinski definition) is 0. The third kappa shape index (κ3) is 4.19. The molecule has 0 bridgehead atoms. The predicted octanol–water partition coefficient (Wildman–Crippen LogP) is 4.38. The molecule has 23 heavy (non-hydrogen) atoms. The van der Waals surface area contributed by atoms with E-state index < -0.39 is 22.8 Å². The molecule has 0 fully saturated rings. The number of halogens is 4. The van der Waals surface area contributed by atoms with Crippen LogP contribution in [0.2, 0.25) is 5.02 Å². The molecule has 0 aliphatic carbocycles. The summed E-state index contributed by atoms with van der Waals surface area (Å²) in [6, 6.07) is 7.66. The summed E-state index contributed by atoms with van der Waals surface area (Å²) in [7, 11) is 0. The molecule has 0 atom stereocenters. The van der Waals surface area contributed by atoms with Gasteiger partial charge in [0, 0.05) is 23.3 Å². The number of carbonyl (C=O) groups is 1. The standard InChI is InChI=1S/C14H7ClF3NO4/c15-12-7-10(23-14(16,17)18)5-6-11(12)13(20)8-1-3-9(4-2-8)19(21)22/h1-7H. The van der Waals surface area contributed by atoms with Crippen LogP contribution in [0.25, 0.3) is 0 Å². The summed E-state index contributed by atoms with van der Waals surface area (Å²) in [5.41, 5.74) is -0.126. The molecule has 0 aliphatic heterocycles. The smallest absolute Gasteiger partial charge is 0.406 e. The van der Waals surface area contributed by atoms with E-state index in [1.54, 1.807) is 0 Å². The molecule has 5 nitrogen and oxygen atoms in total. The van der Waals surface area contributed by atoms with E-state index in [9.17, 15) is 28.1 Å². The predicted molar refractivity (Wildman–Crippen MR) is 74.7 cm³/mol. The Morgan fingerprint density at radius 1 is 1.13 bits per heavy atom. The van der Waals surface area contributed by atoms with Crippen LogP contribution in [-0.4, -0.2) is 17.1 Å². The van der Waals surface area contributed by atoms with Crippen molar-refractivity contribution in [3.8, 4) is 5.75 Å². The zero-order valence-corrected chi connectivity index (χ0v) is 11.9. The summed E-state index contributed by atoms with van der Waals surface area (Å²) >= 11 is 5.81. The van der Waals surface area contributed by atoms with Crippen molar-refractivity contribution in [2.75, 3.05) is 0 Å². The van der Waals surface area contributed by atoms with Crippen LogP contribution < -0.4 is 4.74 Å². The fraction of sp³-hybridized carbons (Fsp3) is 0.0714. The van der Waals surface area contributed by atoms with Crippen molar-refractivity contribution >= 4 is 23.1 Å². The van der Waals surface area contributed by atoms with Crippen LogP contribution in [0, 0.1) is 10.1 Å². The highest BCUT2D eigenvalue weighted by molar-refractivity contribution is 6.35. The summed E-state index contributed by atoms with van der Waals surface area (Å²) in [5, 5.41) is 10.3. The summed E-state index contributed by atoms with van der Waals surface area (Å²) in [5.74, 6) is -1.13. The zero-order valence-electron chi connectivity index (χ0n) is 11.1. The largest absolute Gasteiger partial charge is 0.573 e. The van der Waals surface area contributed by atoms with Gasteiger partial charge < -0.3 is 4.74 Å². The molecule has 120 valence electrons. The molecule has 0 unspecified atom stereocenters. The highest BCUT2D eigenvalue weighted by Gasteiger charge is 2.31. The van der Waals surface area contributed by atoms with Gasteiger partial charge in [-0.3, -0.25) is 14.9 Å². The van der Waals surface area contributed by atoms with E-state index in [4.69, 9.17) is 11.6 Å². The Bertz CT molecular complexity index is 760. The minimum atomic E-state index is -4.87. The number of non-ortho nitro benzene ring substituents is 1. The van der Waals surface area contributed by atoms with Gasteiger partial charge in [-0.05, 0) is 30.3 Å². The molecule has 0 saturated heterocycles. The Balaban J connectivity index is 2.27. The Kier molecular flexibility index (Phi) is 4.55. The van der Waals surface area contributed by atoms with Crippen molar-refractivity contribution in [1.29, 1.82) is 0 Å². The van der Waals surface area contributed by atoms with Gasteiger partial charge in [-0.1, -0.05) is 11.6 Å². The Morgan fingerprint density at radius 2 is 1.74 bits per heavy atom. The fourth-order valence-electron chi connectivity index (χ4n) is 1.77. The first-order valence-corrected chi connectivity index (χ1v) is 6.39. The molecule has 0 aromatic heterocycles. The molecular formula is C14H7ClF3NO4. The molecule has 0 amide bonds. The minimum Gasteiger partial charge on any atom is -0.406 e. The SMILES string of the molecule is O=C(c1ccc([N+](=O)[O-])cc1)c1ccc(OC(F)(F)F)cc1Cl. The summed E-state index contributed by atoms with van der Waals surface area (Å²) < 4.78 is 40.0. The van der Waals surface area contributed by atoms with Gasteiger partial charge in [-0.2, -0.15) is 0 Å². The Labute approximate surface area is 132 Å². The molecule has 0 spiro atoms. The number of alkyl halides is 3. The molecule has 2 aromatic rings. The molecular weight excluding hydrogens is 339 g/mol. The molecule has 0 N–H and O–H groups in total. The van der Waals surface area contributed by atoms with Crippen molar-refractivity contribution in [2.24, 2.45) is 0 Å². The number of hydrogen-bond acceptors (Lipinski definition) is 4. The summed E-state index contributed by atoms with van der Waals surface area (Å²) in [4.78, 5) is 22.2. The number of carbonyl (C=O) groups excluding carboxylic acids is 1. The lowest BCUT2D eigenvalue weighted by molar-refractivity contribution is -0.384. The maximum absolute atomic E-state index is 12.2. The van der Waals surface area contributed by atoms with E-state index in [1.807, 2.05) is 0 Å². The molecule has 2 rings (SSSR count). The third-order valence-electron chi connectivity index (χ3n) is 2.76. The van der Waals surface area contributed by atoms with Crippen LogP contribution in [-0.2, 0) is 0 Å². The van der Waals surface area contributed by atoms with Crippen LogP contribution in [0.15, 0.2) is 42.5 Å². The van der Waals surface area contributed by atoms with Crippen LogP contribution in [0.1, 0.15) is 15.9 Å². The second-order valence-corrected chi connectivity index (χ2v) is 4.73. The van der Waals surface area contributed by atoms with Gasteiger partial charge in [0.25, 0.3) is 5.69 Å². The van der Waals surface area contributed by atoms with Crippen molar-refractivity contribution < 1.29 is 27.6 Å². The fourth-order valence-corrected chi connectivity index (χ4v) is 2.02. The zero-order chi connectivity index (χ0) is 17.2. The number of nitro groups is 1. The second-order valence-electron chi connectivity index (χ2n) is 4.32. The first-order chi connectivity index (χ1) is 10.7. The normalized spacial score (nSPS) is 11.1. The van der Waals surface area contributed by atoms with Crippen molar-refractivity contribution in [3.05, 3.63) is 68.7 Å². The first kappa shape index (κ1) is 16.8. The van der Waals surface area contributed by atoms with E-state index in [2.05, 4.69) is 4.74 Å². The van der Waals surface area contributed by atoms with Crippen LogP contribution in [0.3, 0.4) is 0 Å².